The molecule has 0 saturated carbocycles. The third kappa shape index (κ3) is 3.23. The van der Waals surface area contributed by atoms with Crippen molar-refractivity contribution in [3.05, 3.63) is 77.4 Å². The van der Waals surface area contributed by atoms with Gasteiger partial charge < -0.3 is 10.2 Å². The molecule has 2 aromatic carbocycles. The fourth-order valence-corrected chi connectivity index (χ4v) is 2.88. The second-order valence-corrected chi connectivity index (χ2v) is 5.96. The minimum Gasteiger partial charge on any atom is -0.348 e. The van der Waals surface area contributed by atoms with Crippen LogP contribution < -0.4 is 10.2 Å². The monoisotopic (exact) mass is 320 g/mol. The lowest BCUT2D eigenvalue weighted by atomic mass is 10.1. The van der Waals surface area contributed by atoms with Gasteiger partial charge in [0.25, 0.3) is 5.91 Å². The lowest BCUT2D eigenvalue weighted by Gasteiger charge is -2.18. The number of hydrogen-bond acceptors (Lipinski definition) is 2. The van der Waals surface area contributed by atoms with Crippen LogP contribution in [-0.4, -0.2) is 18.4 Å². The maximum atomic E-state index is 12.8. The van der Waals surface area contributed by atoms with E-state index in [0.717, 1.165) is 29.8 Å². The summed E-state index contributed by atoms with van der Waals surface area (Å²) in [4.78, 5) is 25.8. The number of rotatable bonds is 4. The normalized spacial score (nSPS) is 12.6. The number of nitrogens with one attached hydrogen (secondary N) is 1. The average molecular weight is 320 g/mol. The van der Waals surface area contributed by atoms with Gasteiger partial charge in [-0.2, -0.15) is 0 Å². The van der Waals surface area contributed by atoms with Crippen LogP contribution in [0.2, 0.25) is 0 Å². The van der Waals surface area contributed by atoms with Crippen molar-refractivity contribution in [2.24, 2.45) is 0 Å². The number of carbonyl (C=O) groups is 2. The molecule has 1 heterocycles. The Hall–Kier alpha value is -2.88. The summed E-state index contributed by atoms with van der Waals surface area (Å²) in [6, 6.07) is 13.6. The van der Waals surface area contributed by atoms with Gasteiger partial charge in [0.05, 0.1) is 0 Å². The Labute approximate surface area is 141 Å². The van der Waals surface area contributed by atoms with E-state index in [1.54, 1.807) is 0 Å². The molecule has 0 spiro atoms. The minimum absolute atomic E-state index is 0.0148. The van der Waals surface area contributed by atoms with Gasteiger partial charge in [-0.05, 0) is 54.3 Å². The number of benzene rings is 2. The fourth-order valence-electron chi connectivity index (χ4n) is 2.88. The maximum absolute atomic E-state index is 12.8. The fraction of sp³-hybridized carbons (Fsp3) is 0.200. The van der Waals surface area contributed by atoms with Crippen molar-refractivity contribution < 1.29 is 9.59 Å². The quantitative estimate of drug-likeness (QED) is 0.881. The molecule has 2 aromatic rings. The zero-order valence-electron chi connectivity index (χ0n) is 13.7. The van der Waals surface area contributed by atoms with Gasteiger partial charge in [-0.1, -0.05) is 30.8 Å². The number of amides is 2. The van der Waals surface area contributed by atoms with Crippen molar-refractivity contribution in [3.8, 4) is 0 Å². The molecular weight excluding hydrogens is 300 g/mol. The second-order valence-electron chi connectivity index (χ2n) is 5.96. The van der Waals surface area contributed by atoms with Crippen LogP contribution in [0.15, 0.2) is 55.1 Å². The van der Waals surface area contributed by atoms with Crippen LogP contribution in [0.5, 0.6) is 0 Å². The molecule has 2 amide bonds. The molecule has 0 saturated heterocycles. The number of anilines is 1. The first-order valence-corrected chi connectivity index (χ1v) is 7.99. The van der Waals surface area contributed by atoms with Crippen LogP contribution >= 0.6 is 0 Å². The van der Waals surface area contributed by atoms with E-state index in [9.17, 15) is 9.59 Å². The Kier molecular flexibility index (Phi) is 4.47. The van der Waals surface area contributed by atoms with E-state index < -0.39 is 0 Å². The molecule has 4 heteroatoms. The number of hydrogen-bond donors (Lipinski definition) is 1. The summed E-state index contributed by atoms with van der Waals surface area (Å²) in [7, 11) is 0. The molecule has 1 N–H and O–H groups in total. The van der Waals surface area contributed by atoms with Gasteiger partial charge >= 0.3 is 0 Å². The van der Waals surface area contributed by atoms with Gasteiger partial charge in [0.15, 0.2) is 0 Å². The van der Waals surface area contributed by atoms with Crippen molar-refractivity contribution in [2.75, 3.05) is 11.4 Å². The van der Waals surface area contributed by atoms with E-state index in [1.807, 2.05) is 36.1 Å². The number of fused-ring (bicyclic) bond motifs is 1. The first-order chi connectivity index (χ1) is 11.6. The summed E-state index contributed by atoms with van der Waals surface area (Å²) in [6.07, 6.45) is 2.14. The third-order valence-electron chi connectivity index (χ3n) is 4.23. The molecule has 3 rings (SSSR count). The highest BCUT2D eigenvalue weighted by Gasteiger charge is 2.25. The van der Waals surface area contributed by atoms with Crippen LogP contribution in [0.4, 0.5) is 5.69 Å². The van der Waals surface area contributed by atoms with E-state index in [-0.39, 0.29) is 11.8 Å². The predicted octanol–water partition coefficient (Wildman–Crippen LogP) is 3.00. The largest absolute Gasteiger partial charge is 0.348 e. The topological polar surface area (TPSA) is 49.4 Å². The van der Waals surface area contributed by atoms with Gasteiger partial charge in [0.2, 0.25) is 5.91 Å². The van der Waals surface area contributed by atoms with E-state index in [4.69, 9.17) is 0 Å². The van der Waals surface area contributed by atoms with Gasteiger partial charge in [-0.3, -0.25) is 9.59 Å². The summed E-state index contributed by atoms with van der Waals surface area (Å²) in [5.41, 5.74) is 4.99. The predicted molar refractivity (Wildman–Crippen MR) is 95.0 cm³/mol. The van der Waals surface area contributed by atoms with Gasteiger partial charge in [-0.15, -0.1) is 0 Å². The van der Waals surface area contributed by atoms with Crippen LogP contribution in [0.3, 0.4) is 0 Å². The second kappa shape index (κ2) is 6.71. The van der Waals surface area contributed by atoms with Crippen molar-refractivity contribution >= 4 is 17.5 Å². The van der Waals surface area contributed by atoms with Crippen molar-refractivity contribution in [1.82, 2.24) is 5.32 Å². The number of aryl methyl sites for hydroxylation is 1. The third-order valence-corrected chi connectivity index (χ3v) is 4.23. The van der Waals surface area contributed by atoms with E-state index >= 15 is 0 Å². The first kappa shape index (κ1) is 16.0. The number of nitrogens with zero attached hydrogens (tertiary/aromatic N) is 1. The molecule has 122 valence electrons. The lowest BCUT2D eigenvalue weighted by Crippen LogP contribution is -2.29. The van der Waals surface area contributed by atoms with Crippen molar-refractivity contribution in [3.63, 3.8) is 0 Å². The molecule has 0 fully saturated rings. The van der Waals surface area contributed by atoms with Gasteiger partial charge in [0.1, 0.15) is 0 Å². The SMILES string of the molecule is C=CC(=O)NCc1ccc(C(=O)N2CCc3ccc(C)cc32)cc1. The maximum Gasteiger partial charge on any atom is 0.258 e. The standard InChI is InChI=1S/C20H20N2O2/c1-3-19(23)21-13-15-5-8-17(9-6-15)20(24)22-11-10-16-7-4-14(2)12-18(16)22/h3-9,12H,1,10-11,13H2,2H3,(H,21,23). The molecule has 0 aromatic heterocycles. The Bertz CT molecular complexity index is 794. The molecule has 24 heavy (non-hydrogen) atoms. The molecule has 0 atom stereocenters. The Morgan fingerprint density at radius 3 is 2.67 bits per heavy atom. The zero-order valence-corrected chi connectivity index (χ0v) is 13.7. The van der Waals surface area contributed by atoms with Crippen LogP contribution in [0, 0.1) is 6.92 Å². The summed E-state index contributed by atoms with van der Waals surface area (Å²) < 4.78 is 0. The van der Waals surface area contributed by atoms with Crippen LogP contribution in [0.25, 0.3) is 0 Å². The molecule has 0 bridgehead atoms. The van der Waals surface area contributed by atoms with E-state index in [2.05, 4.69) is 30.1 Å². The van der Waals surface area contributed by atoms with E-state index in [0.29, 0.717) is 12.1 Å². The Balaban J connectivity index is 1.74. The molecular formula is C20H20N2O2. The van der Waals surface area contributed by atoms with Crippen molar-refractivity contribution in [2.45, 2.75) is 19.9 Å². The molecule has 0 aliphatic carbocycles. The highest BCUT2D eigenvalue weighted by Crippen LogP contribution is 2.30. The highest BCUT2D eigenvalue weighted by atomic mass is 16.2. The van der Waals surface area contributed by atoms with Crippen LogP contribution in [-0.2, 0) is 17.8 Å². The van der Waals surface area contributed by atoms with Crippen LogP contribution in [0.1, 0.15) is 27.0 Å². The molecule has 1 aliphatic rings. The van der Waals surface area contributed by atoms with E-state index in [1.165, 1.54) is 11.6 Å². The zero-order chi connectivity index (χ0) is 17.1. The molecule has 0 radical (unpaired) electrons. The summed E-state index contributed by atoms with van der Waals surface area (Å²) >= 11 is 0. The summed E-state index contributed by atoms with van der Waals surface area (Å²) in [5.74, 6) is -0.194. The smallest absolute Gasteiger partial charge is 0.258 e. The highest BCUT2D eigenvalue weighted by molar-refractivity contribution is 6.07. The number of carbonyl (C=O) groups excluding carboxylic acids is 2. The minimum atomic E-state index is -0.209. The van der Waals surface area contributed by atoms with Gasteiger partial charge in [-0.25, -0.2) is 0 Å². The summed E-state index contributed by atoms with van der Waals surface area (Å²) in [5, 5.41) is 2.72. The first-order valence-electron chi connectivity index (χ1n) is 7.99. The molecule has 1 aliphatic heterocycles. The summed E-state index contributed by atoms with van der Waals surface area (Å²) in [6.45, 7) is 6.59. The molecule has 4 nitrogen and oxygen atoms in total. The Morgan fingerprint density at radius 2 is 1.96 bits per heavy atom. The van der Waals surface area contributed by atoms with Gasteiger partial charge in [0, 0.05) is 24.3 Å². The molecule has 0 unspecified atom stereocenters. The Morgan fingerprint density at radius 1 is 1.21 bits per heavy atom. The lowest BCUT2D eigenvalue weighted by molar-refractivity contribution is -0.116. The van der Waals surface area contributed by atoms with Crippen molar-refractivity contribution in [1.29, 1.82) is 0 Å². The average Bonchev–Trinajstić information content (AvgIpc) is 3.02.